The summed E-state index contributed by atoms with van der Waals surface area (Å²) in [5, 5.41) is 7.83. The minimum absolute atomic E-state index is 0.306. The molecule has 16 heavy (non-hydrogen) atoms. The predicted octanol–water partition coefficient (Wildman–Crippen LogP) is 1.24. The van der Waals surface area contributed by atoms with Crippen LogP contribution in [-0.4, -0.2) is 35.5 Å². The van der Waals surface area contributed by atoms with Crippen molar-refractivity contribution < 1.29 is 0 Å². The normalized spacial score (nSPS) is 22.5. The van der Waals surface area contributed by atoms with Crippen LogP contribution in [0.15, 0.2) is 12.4 Å². The maximum absolute atomic E-state index is 4.23. The molecular formula is C12H22N4. The lowest BCUT2D eigenvalue weighted by atomic mass is 9.85. The summed E-state index contributed by atoms with van der Waals surface area (Å²) in [7, 11) is 1.97. The summed E-state index contributed by atoms with van der Waals surface area (Å²) in [5.41, 5.74) is 1.54. The Morgan fingerprint density at radius 2 is 2.19 bits per heavy atom. The molecule has 4 nitrogen and oxygen atoms in total. The molecule has 1 aliphatic heterocycles. The van der Waals surface area contributed by atoms with Crippen molar-refractivity contribution in [1.29, 1.82) is 0 Å². The zero-order chi connectivity index (χ0) is 11.8. The quantitative estimate of drug-likeness (QED) is 0.776. The first-order valence-corrected chi connectivity index (χ1v) is 5.94. The summed E-state index contributed by atoms with van der Waals surface area (Å²) >= 11 is 0. The molecule has 2 rings (SSSR count). The molecular weight excluding hydrogens is 200 g/mol. The number of aryl methyl sites for hydroxylation is 1. The first-order valence-electron chi connectivity index (χ1n) is 5.94. The van der Waals surface area contributed by atoms with Crippen LogP contribution in [0.5, 0.6) is 0 Å². The first-order chi connectivity index (χ1) is 7.47. The molecule has 1 saturated heterocycles. The van der Waals surface area contributed by atoms with Gasteiger partial charge < -0.3 is 10.2 Å². The van der Waals surface area contributed by atoms with Gasteiger partial charge in [0, 0.05) is 38.9 Å². The molecule has 0 spiro atoms. The maximum Gasteiger partial charge on any atom is 0.0753 e. The Hall–Kier alpha value is -1.03. The molecule has 90 valence electrons. The molecule has 0 bridgehead atoms. The number of aromatic nitrogens is 2. The molecule has 0 radical (unpaired) electrons. The van der Waals surface area contributed by atoms with E-state index in [1.165, 1.54) is 5.69 Å². The fraction of sp³-hybridized carbons (Fsp3) is 0.750. The van der Waals surface area contributed by atoms with Crippen LogP contribution in [0, 0.1) is 5.41 Å². The van der Waals surface area contributed by atoms with Crippen molar-refractivity contribution in [3.05, 3.63) is 12.4 Å². The van der Waals surface area contributed by atoms with Gasteiger partial charge in [-0.1, -0.05) is 20.8 Å². The molecule has 1 unspecified atom stereocenters. The molecule has 0 saturated carbocycles. The Labute approximate surface area is 97.6 Å². The third-order valence-corrected chi connectivity index (χ3v) is 3.28. The van der Waals surface area contributed by atoms with Crippen LogP contribution in [-0.2, 0) is 7.05 Å². The Bertz CT molecular complexity index is 350. The van der Waals surface area contributed by atoms with E-state index in [9.17, 15) is 0 Å². The average molecular weight is 222 g/mol. The molecule has 2 heterocycles. The molecule has 0 aliphatic carbocycles. The van der Waals surface area contributed by atoms with E-state index in [0.29, 0.717) is 11.5 Å². The van der Waals surface area contributed by atoms with Gasteiger partial charge in [-0.05, 0) is 5.41 Å². The lowest BCUT2D eigenvalue weighted by molar-refractivity contribution is 0.254. The lowest BCUT2D eigenvalue weighted by Gasteiger charge is -2.41. The summed E-state index contributed by atoms with van der Waals surface area (Å²) in [5.74, 6) is 0. The zero-order valence-corrected chi connectivity index (χ0v) is 10.7. The van der Waals surface area contributed by atoms with Crippen LogP contribution in [0.4, 0.5) is 5.69 Å². The van der Waals surface area contributed by atoms with Gasteiger partial charge in [-0.15, -0.1) is 0 Å². The van der Waals surface area contributed by atoms with Gasteiger partial charge in [0.15, 0.2) is 0 Å². The van der Waals surface area contributed by atoms with Crippen LogP contribution >= 0.6 is 0 Å². The SMILES string of the molecule is Cn1cc(N2CCNC(C(C)(C)C)C2)cn1. The number of nitrogens with zero attached hydrogens (tertiary/aromatic N) is 3. The Kier molecular flexibility index (Phi) is 2.93. The van der Waals surface area contributed by atoms with E-state index in [2.05, 4.69) is 42.3 Å². The lowest BCUT2D eigenvalue weighted by Crippen LogP contribution is -2.55. The number of rotatable bonds is 1. The van der Waals surface area contributed by atoms with E-state index in [4.69, 9.17) is 0 Å². The summed E-state index contributed by atoms with van der Waals surface area (Å²) < 4.78 is 1.86. The minimum Gasteiger partial charge on any atom is -0.366 e. The second-order valence-electron chi connectivity index (χ2n) is 5.69. The van der Waals surface area contributed by atoms with Crippen LogP contribution in [0.25, 0.3) is 0 Å². The van der Waals surface area contributed by atoms with Crippen molar-refractivity contribution in [2.45, 2.75) is 26.8 Å². The van der Waals surface area contributed by atoms with Crippen molar-refractivity contribution in [3.8, 4) is 0 Å². The van der Waals surface area contributed by atoms with Gasteiger partial charge >= 0.3 is 0 Å². The van der Waals surface area contributed by atoms with E-state index in [1.807, 2.05) is 17.9 Å². The standard InChI is InChI=1S/C12H22N4/c1-12(2,3)11-9-16(6-5-13-11)10-7-14-15(4)8-10/h7-8,11,13H,5-6,9H2,1-4H3. The molecule has 1 aromatic rings. The number of hydrogen-bond acceptors (Lipinski definition) is 3. The van der Waals surface area contributed by atoms with Crippen molar-refractivity contribution in [3.63, 3.8) is 0 Å². The van der Waals surface area contributed by atoms with E-state index in [0.717, 1.165) is 19.6 Å². The average Bonchev–Trinajstić information content (AvgIpc) is 2.64. The van der Waals surface area contributed by atoms with Crippen LogP contribution < -0.4 is 10.2 Å². The van der Waals surface area contributed by atoms with Gasteiger partial charge in [0.05, 0.1) is 11.9 Å². The molecule has 1 atom stereocenters. The number of piperazine rings is 1. The third-order valence-electron chi connectivity index (χ3n) is 3.28. The van der Waals surface area contributed by atoms with Gasteiger partial charge in [-0.3, -0.25) is 4.68 Å². The second-order valence-corrected chi connectivity index (χ2v) is 5.69. The molecule has 1 aliphatic rings. The smallest absolute Gasteiger partial charge is 0.0753 e. The fourth-order valence-corrected chi connectivity index (χ4v) is 2.14. The first kappa shape index (κ1) is 11.5. The maximum atomic E-state index is 4.23. The summed E-state index contributed by atoms with van der Waals surface area (Å²) in [4.78, 5) is 2.42. The monoisotopic (exact) mass is 222 g/mol. The molecule has 0 aromatic carbocycles. The highest BCUT2D eigenvalue weighted by atomic mass is 15.3. The zero-order valence-electron chi connectivity index (χ0n) is 10.7. The molecule has 4 heteroatoms. The number of hydrogen-bond donors (Lipinski definition) is 1. The van der Waals surface area contributed by atoms with Crippen LogP contribution in [0.1, 0.15) is 20.8 Å². The predicted molar refractivity (Wildman–Crippen MR) is 66.7 cm³/mol. The van der Waals surface area contributed by atoms with Crippen LogP contribution in [0.2, 0.25) is 0 Å². The van der Waals surface area contributed by atoms with Gasteiger partial charge in [0.2, 0.25) is 0 Å². The van der Waals surface area contributed by atoms with E-state index >= 15 is 0 Å². The highest BCUT2D eigenvalue weighted by Crippen LogP contribution is 2.24. The molecule has 1 aromatic heterocycles. The molecule has 1 N–H and O–H groups in total. The van der Waals surface area contributed by atoms with Crippen molar-refractivity contribution in [2.24, 2.45) is 12.5 Å². The fourth-order valence-electron chi connectivity index (χ4n) is 2.14. The van der Waals surface area contributed by atoms with Gasteiger partial charge in [0.1, 0.15) is 0 Å². The summed E-state index contributed by atoms with van der Waals surface area (Å²) in [6, 6.07) is 0.543. The molecule has 1 fully saturated rings. The molecule has 0 amide bonds. The minimum atomic E-state index is 0.306. The largest absolute Gasteiger partial charge is 0.366 e. The highest BCUT2D eigenvalue weighted by molar-refractivity contribution is 5.43. The third kappa shape index (κ3) is 2.38. The van der Waals surface area contributed by atoms with E-state index < -0.39 is 0 Å². The van der Waals surface area contributed by atoms with E-state index in [1.54, 1.807) is 0 Å². The van der Waals surface area contributed by atoms with E-state index in [-0.39, 0.29) is 0 Å². The number of anilines is 1. The highest BCUT2D eigenvalue weighted by Gasteiger charge is 2.29. The van der Waals surface area contributed by atoms with Crippen molar-refractivity contribution in [1.82, 2.24) is 15.1 Å². The van der Waals surface area contributed by atoms with Crippen molar-refractivity contribution >= 4 is 5.69 Å². The summed E-state index contributed by atoms with van der Waals surface area (Å²) in [6.07, 6.45) is 4.04. The Morgan fingerprint density at radius 3 is 2.75 bits per heavy atom. The Balaban J connectivity index is 2.07. The Morgan fingerprint density at radius 1 is 1.44 bits per heavy atom. The van der Waals surface area contributed by atoms with Crippen molar-refractivity contribution in [2.75, 3.05) is 24.5 Å². The van der Waals surface area contributed by atoms with Gasteiger partial charge in [-0.2, -0.15) is 5.10 Å². The topological polar surface area (TPSA) is 33.1 Å². The van der Waals surface area contributed by atoms with Gasteiger partial charge in [0.25, 0.3) is 0 Å². The van der Waals surface area contributed by atoms with Crippen LogP contribution in [0.3, 0.4) is 0 Å². The van der Waals surface area contributed by atoms with Gasteiger partial charge in [-0.25, -0.2) is 0 Å². The number of nitrogens with one attached hydrogen (secondary N) is 1. The second kappa shape index (κ2) is 4.09. The summed E-state index contributed by atoms with van der Waals surface area (Å²) in [6.45, 7) is 10.1.